The van der Waals surface area contributed by atoms with Crippen molar-refractivity contribution < 1.29 is 9.18 Å². The van der Waals surface area contributed by atoms with E-state index in [-0.39, 0.29) is 11.5 Å². The number of aryl methyl sites for hydroxylation is 2. The molecule has 1 fully saturated rings. The van der Waals surface area contributed by atoms with Gasteiger partial charge in [-0.2, -0.15) is 5.10 Å². The summed E-state index contributed by atoms with van der Waals surface area (Å²) in [4.78, 5) is 12.5. The van der Waals surface area contributed by atoms with Crippen LogP contribution < -0.4 is 11.1 Å². The number of benzene rings is 1. The van der Waals surface area contributed by atoms with Crippen LogP contribution in [0.1, 0.15) is 41.5 Å². The molecule has 0 bridgehead atoms. The third kappa shape index (κ3) is 3.06. The smallest absolute Gasteiger partial charge is 0.251 e. The number of rotatable bonds is 5. The molecule has 5 nitrogen and oxygen atoms in total. The fourth-order valence-electron chi connectivity index (χ4n) is 3.06. The highest BCUT2D eigenvalue weighted by molar-refractivity contribution is 5.95. The SMILES string of the molecule is Cc1cc(C)n(-c2ccc(C(=O)NC(C)(CN)C3CC3)cc2F)n1. The number of halogens is 1. The average molecular weight is 330 g/mol. The fraction of sp³-hybridized carbons (Fsp3) is 0.444. The normalized spacial score (nSPS) is 16.7. The van der Waals surface area contributed by atoms with Crippen LogP contribution in [0.5, 0.6) is 0 Å². The third-order valence-electron chi connectivity index (χ3n) is 4.75. The van der Waals surface area contributed by atoms with Crippen molar-refractivity contribution in [1.82, 2.24) is 15.1 Å². The first-order valence-corrected chi connectivity index (χ1v) is 8.20. The van der Waals surface area contributed by atoms with Gasteiger partial charge in [-0.15, -0.1) is 0 Å². The van der Waals surface area contributed by atoms with E-state index >= 15 is 0 Å². The Kier molecular flexibility index (Phi) is 4.17. The lowest BCUT2D eigenvalue weighted by Crippen LogP contribution is -2.53. The highest BCUT2D eigenvalue weighted by atomic mass is 19.1. The maximum atomic E-state index is 14.5. The zero-order valence-electron chi connectivity index (χ0n) is 14.3. The molecule has 3 N–H and O–H groups in total. The number of carbonyl (C=O) groups is 1. The highest BCUT2D eigenvalue weighted by Gasteiger charge is 2.41. The lowest BCUT2D eigenvalue weighted by atomic mass is 9.95. The zero-order chi connectivity index (χ0) is 17.5. The zero-order valence-corrected chi connectivity index (χ0v) is 14.3. The van der Waals surface area contributed by atoms with E-state index in [1.165, 1.54) is 6.07 Å². The molecule has 128 valence electrons. The molecule has 3 rings (SSSR count). The lowest BCUT2D eigenvalue weighted by Gasteiger charge is -2.29. The van der Waals surface area contributed by atoms with Crippen LogP contribution in [0.3, 0.4) is 0 Å². The van der Waals surface area contributed by atoms with Crippen molar-refractivity contribution in [3.05, 3.63) is 47.0 Å². The number of carbonyl (C=O) groups excluding carboxylic acids is 1. The average Bonchev–Trinajstić information content (AvgIpc) is 3.33. The van der Waals surface area contributed by atoms with Crippen molar-refractivity contribution in [1.29, 1.82) is 0 Å². The minimum Gasteiger partial charge on any atom is -0.345 e. The molecule has 1 amide bonds. The largest absolute Gasteiger partial charge is 0.345 e. The molecule has 0 radical (unpaired) electrons. The predicted octanol–water partition coefficient (Wildman–Crippen LogP) is 2.49. The summed E-state index contributed by atoms with van der Waals surface area (Å²) in [6.07, 6.45) is 2.14. The van der Waals surface area contributed by atoms with E-state index in [1.807, 2.05) is 26.8 Å². The molecule has 0 saturated heterocycles. The summed E-state index contributed by atoms with van der Waals surface area (Å²) in [6.45, 7) is 6.04. The van der Waals surface area contributed by atoms with E-state index in [2.05, 4.69) is 10.4 Å². The molecule has 2 aromatic rings. The van der Waals surface area contributed by atoms with Crippen LogP contribution in [0, 0.1) is 25.6 Å². The molecule has 0 aliphatic heterocycles. The van der Waals surface area contributed by atoms with Crippen LogP contribution in [0.25, 0.3) is 5.69 Å². The molecule has 1 aliphatic rings. The molecule has 1 unspecified atom stereocenters. The van der Waals surface area contributed by atoms with E-state index in [0.717, 1.165) is 24.2 Å². The number of nitrogens with one attached hydrogen (secondary N) is 1. The van der Waals surface area contributed by atoms with Gasteiger partial charge in [0.25, 0.3) is 5.91 Å². The minimum atomic E-state index is -0.477. The maximum Gasteiger partial charge on any atom is 0.251 e. The van der Waals surface area contributed by atoms with E-state index in [0.29, 0.717) is 18.2 Å². The van der Waals surface area contributed by atoms with Gasteiger partial charge in [-0.05, 0) is 63.8 Å². The molecule has 1 aliphatic carbocycles. The Balaban J connectivity index is 1.84. The van der Waals surface area contributed by atoms with Crippen LogP contribution in [0.4, 0.5) is 4.39 Å². The van der Waals surface area contributed by atoms with Gasteiger partial charge in [0, 0.05) is 17.8 Å². The van der Waals surface area contributed by atoms with Gasteiger partial charge in [0.2, 0.25) is 0 Å². The monoisotopic (exact) mass is 330 g/mol. The van der Waals surface area contributed by atoms with E-state index in [4.69, 9.17) is 5.73 Å². The van der Waals surface area contributed by atoms with Crippen molar-refractivity contribution >= 4 is 5.91 Å². The van der Waals surface area contributed by atoms with Gasteiger partial charge in [0.15, 0.2) is 0 Å². The number of hydrogen-bond donors (Lipinski definition) is 2. The summed E-state index contributed by atoms with van der Waals surface area (Å²) in [7, 11) is 0. The van der Waals surface area contributed by atoms with Crippen molar-refractivity contribution in [3.63, 3.8) is 0 Å². The van der Waals surface area contributed by atoms with Crippen molar-refractivity contribution in [2.24, 2.45) is 11.7 Å². The second-order valence-corrected chi connectivity index (χ2v) is 6.86. The number of aromatic nitrogens is 2. The van der Waals surface area contributed by atoms with Crippen molar-refractivity contribution in [3.8, 4) is 5.69 Å². The van der Waals surface area contributed by atoms with Gasteiger partial charge in [0.1, 0.15) is 11.5 Å². The Morgan fingerprint density at radius 2 is 2.12 bits per heavy atom. The standard InChI is InChI=1S/C18H23FN4O/c1-11-8-12(2)23(22-11)16-7-4-13(9-15(16)19)17(24)21-18(3,10-20)14-5-6-14/h4,7-9,14H,5-6,10,20H2,1-3H3,(H,21,24). The first kappa shape index (κ1) is 16.6. The predicted molar refractivity (Wildman–Crippen MR) is 90.6 cm³/mol. The van der Waals surface area contributed by atoms with Crippen molar-refractivity contribution in [2.75, 3.05) is 6.54 Å². The molecule has 1 atom stereocenters. The molecule has 1 aromatic heterocycles. The molecule has 1 saturated carbocycles. The van der Waals surface area contributed by atoms with Crippen LogP contribution in [-0.4, -0.2) is 27.8 Å². The number of hydrogen-bond acceptors (Lipinski definition) is 3. The number of nitrogens with two attached hydrogens (primary N) is 1. The quantitative estimate of drug-likeness (QED) is 0.884. The molecule has 0 spiro atoms. The first-order chi connectivity index (χ1) is 11.3. The fourth-order valence-corrected chi connectivity index (χ4v) is 3.06. The summed E-state index contributed by atoms with van der Waals surface area (Å²) in [5, 5.41) is 7.25. The Bertz CT molecular complexity index is 781. The Morgan fingerprint density at radius 1 is 1.42 bits per heavy atom. The van der Waals surface area contributed by atoms with Gasteiger partial charge in [-0.25, -0.2) is 9.07 Å². The van der Waals surface area contributed by atoms with Gasteiger partial charge in [-0.3, -0.25) is 4.79 Å². The van der Waals surface area contributed by atoms with Crippen LogP contribution in [0.2, 0.25) is 0 Å². The summed E-state index contributed by atoms with van der Waals surface area (Å²) in [6, 6.07) is 6.34. The van der Waals surface area contributed by atoms with Crippen LogP contribution in [0.15, 0.2) is 24.3 Å². The van der Waals surface area contributed by atoms with Gasteiger partial charge < -0.3 is 11.1 Å². The van der Waals surface area contributed by atoms with E-state index in [1.54, 1.807) is 16.8 Å². The Morgan fingerprint density at radius 3 is 2.62 bits per heavy atom. The van der Waals surface area contributed by atoms with Crippen molar-refractivity contribution in [2.45, 2.75) is 39.2 Å². The van der Waals surface area contributed by atoms with Gasteiger partial charge in [-0.1, -0.05) is 0 Å². The Labute approximate surface area is 141 Å². The summed E-state index contributed by atoms with van der Waals surface area (Å²) in [5.74, 6) is -0.367. The maximum absolute atomic E-state index is 14.5. The molecular weight excluding hydrogens is 307 g/mol. The highest BCUT2D eigenvalue weighted by Crippen LogP contribution is 2.39. The number of nitrogens with zero attached hydrogens (tertiary/aromatic N) is 2. The summed E-state index contributed by atoms with van der Waals surface area (Å²) < 4.78 is 16.0. The second kappa shape index (κ2) is 6.02. The summed E-state index contributed by atoms with van der Waals surface area (Å²) in [5.41, 5.74) is 7.68. The van der Waals surface area contributed by atoms with Gasteiger partial charge >= 0.3 is 0 Å². The van der Waals surface area contributed by atoms with E-state index < -0.39 is 11.4 Å². The lowest BCUT2D eigenvalue weighted by molar-refractivity contribution is 0.0897. The molecule has 24 heavy (non-hydrogen) atoms. The number of amides is 1. The Hall–Kier alpha value is -2.21. The minimum absolute atomic E-state index is 0.290. The summed E-state index contributed by atoms with van der Waals surface area (Å²) >= 11 is 0. The molecule has 6 heteroatoms. The molecule has 1 heterocycles. The molecular formula is C18H23FN4O. The topological polar surface area (TPSA) is 72.9 Å². The van der Waals surface area contributed by atoms with Crippen LogP contribution in [-0.2, 0) is 0 Å². The third-order valence-corrected chi connectivity index (χ3v) is 4.75. The first-order valence-electron chi connectivity index (χ1n) is 8.20. The van der Waals surface area contributed by atoms with E-state index in [9.17, 15) is 9.18 Å². The molecule has 1 aromatic carbocycles. The van der Waals surface area contributed by atoms with Crippen LogP contribution >= 0.6 is 0 Å². The second-order valence-electron chi connectivity index (χ2n) is 6.86. The van der Waals surface area contributed by atoms with Gasteiger partial charge in [0.05, 0.1) is 11.2 Å².